The molecule has 2 N–H and O–H groups in total. The van der Waals surface area contributed by atoms with Crippen molar-refractivity contribution in [1.82, 2.24) is 15.1 Å². The smallest absolute Gasteiger partial charge is 0.251 e. The van der Waals surface area contributed by atoms with Crippen LogP contribution in [0.15, 0.2) is 29.3 Å². The number of hydrogen-bond donors (Lipinski definition) is 2. The average Bonchev–Trinajstić information content (AvgIpc) is 3.28. The third kappa shape index (κ3) is 6.19. The fraction of sp³-hybridized carbons (Fsp3) is 0.591. The van der Waals surface area contributed by atoms with Crippen LogP contribution < -0.4 is 10.6 Å². The largest absolute Gasteiger partial charge is 0.368 e. The minimum Gasteiger partial charge on any atom is -0.368 e. The van der Waals surface area contributed by atoms with Crippen LogP contribution in [0.4, 0.5) is 5.69 Å². The number of rotatable bonds is 6. The molecule has 2 saturated heterocycles. The van der Waals surface area contributed by atoms with Crippen molar-refractivity contribution in [3.05, 3.63) is 29.8 Å². The summed E-state index contributed by atoms with van der Waals surface area (Å²) in [5, 5.41) is 6.15. The van der Waals surface area contributed by atoms with Crippen LogP contribution in [0.1, 0.15) is 32.3 Å². The zero-order valence-electron chi connectivity index (χ0n) is 18.0. The highest BCUT2D eigenvalue weighted by Gasteiger charge is 2.30. The maximum Gasteiger partial charge on any atom is 0.251 e. The van der Waals surface area contributed by atoms with E-state index >= 15 is 0 Å². The molecule has 164 valence electrons. The van der Waals surface area contributed by atoms with Gasteiger partial charge in [0.2, 0.25) is 5.91 Å². The Morgan fingerprint density at radius 1 is 1.13 bits per heavy atom. The lowest BCUT2D eigenvalue weighted by molar-refractivity contribution is -0.142. The summed E-state index contributed by atoms with van der Waals surface area (Å²) in [5.74, 6) is 0.966. The number of piperazine rings is 1. The Labute approximate surface area is 178 Å². The first-order valence-electron chi connectivity index (χ1n) is 10.9. The van der Waals surface area contributed by atoms with Crippen LogP contribution in [0, 0.1) is 0 Å². The molecule has 0 radical (unpaired) electrons. The first kappa shape index (κ1) is 22.1. The highest BCUT2D eigenvalue weighted by Crippen LogP contribution is 2.16. The van der Waals surface area contributed by atoms with Crippen molar-refractivity contribution in [1.29, 1.82) is 0 Å². The van der Waals surface area contributed by atoms with E-state index in [9.17, 15) is 9.59 Å². The lowest BCUT2D eigenvalue weighted by Gasteiger charge is -2.37. The molecule has 8 heteroatoms. The van der Waals surface area contributed by atoms with Crippen LogP contribution in [0.3, 0.4) is 0 Å². The van der Waals surface area contributed by atoms with Gasteiger partial charge in [0.05, 0.1) is 0 Å². The van der Waals surface area contributed by atoms with Gasteiger partial charge in [-0.3, -0.25) is 14.6 Å². The quantitative estimate of drug-likeness (QED) is 0.543. The zero-order valence-corrected chi connectivity index (χ0v) is 18.0. The third-order valence-electron chi connectivity index (χ3n) is 5.37. The number of anilines is 1. The van der Waals surface area contributed by atoms with Crippen LogP contribution in [0.25, 0.3) is 0 Å². The van der Waals surface area contributed by atoms with Gasteiger partial charge in [0.25, 0.3) is 5.91 Å². The minimum absolute atomic E-state index is 0.0693. The van der Waals surface area contributed by atoms with Crippen molar-refractivity contribution in [3.8, 4) is 0 Å². The molecule has 8 nitrogen and oxygen atoms in total. The average molecular weight is 416 g/mol. The first-order chi connectivity index (χ1) is 14.6. The van der Waals surface area contributed by atoms with Crippen molar-refractivity contribution in [3.63, 3.8) is 0 Å². The summed E-state index contributed by atoms with van der Waals surface area (Å²) in [4.78, 5) is 32.6. The van der Waals surface area contributed by atoms with Gasteiger partial charge in [-0.2, -0.15) is 0 Å². The highest BCUT2D eigenvalue weighted by molar-refractivity contribution is 5.88. The van der Waals surface area contributed by atoms with Crippen molar-refractivity contribution < 1.29 is 14.3 Å². The summed E-state index contributed by atoms with van der Waals surface area (Å²) in [6, 6.07) is 7.86. The number of aliphatic imine (C=N–C) groups is 1. The number of amides is 2. The fourth-order valence-electron chi connectivity index (χ4n) is 3.79. The summed E-state index contributed by atoms with van der Waals surface area (Å²) >= 11 is 0. The summed E-state index contributed by atoms with van der Waals surface area (Å²) < 4.78 is 5.54. The van der Waals surface area contributed by atoms with E-state index in [1.54, 1.807) is 0 Å². The highest BCUT2D eigenvalue weighted by atomic mass is 16.5. The van der Waals surface area contributed by atoms with E-state index < -0.39 is 0 Å². The lowest BCUT2D eigenvalue weighted by Crippen LogP contribution is -2.55. The molecule has 0 spiro atoms. The van der Waals surface area contributed by atoms with Crippen LogP contribution in [0.2, 0.25) is 0 Å². The molecule has 2 aliphatic heterocycles. The molecule has 30 heavy (non-hydrogen) atoms. The van der Waals surface area contributed by atoms with Gasteiger partial charge in [0.15, 0.2) is 5.96 Å². The van der Waals surface area contributed by atoms with Gasteiger partial charge in [-0.15, -0.1) is 0 Å². The molecule has 1 aromatic rings. The summed E-state index contributed by atoms with van der Waals surface area (Å²) in [7, 11) is 0. The number of nitrogens with one attached hydrogen (secondary N) is 2. The van der Waals surface area contributed by atoms with Crippen molar-refractivity contribution in [2.75, 3.05) is 51.2 Å². The number of carbonyl (C=O) groups is 2. The Balaban J connectivity index is 1.49. The molecule has 0 bridgehead atoms. The molecule has 2 aliphatic rings. The maximum absolute atomic E-state index is 12.5. The second-order valence-corrected chi connectivity index (χ2v) is 7.68. The number of hydrogen-bond acceptors (Lipinski definition) is 4. The third-order valence-corrected chi connectivity index (χ3v) is 5.37. The summed E-state index contributed by atoms with van der Waals surface area (Å²) in [5.41, 5.74) is 1.98. The van der Waals surface area contributed by atoms with E-state index in [1.807, 2.05) is 29.2 Å². The van der Waals surface area contributed by atoms with Gasteiger partial charge in [-0.05, 0) is 43.9 Å². The number of ether oxygens (including phenoxy) is 1. The molecule has 3 rings (SSSR count). The van der Waals surface area contributed by atoms with Gasteiger partial charge in [-0.25, -0.2) is 0 Å². The normalized spacial score (nSPS) is 19.7. The van der Waals surface area contributed by atoms with E-state index in [4.69, 9.17) is 9.73 Å². The SMILES string of the molecule is CCNC(=NCCc1ccc(NC(C)=O)cc1)N1CCN(C(=O)C2CCCO2)CC1. The molecule has 1 unspecified atom stereocenters. The summed E-state index contributed by atoms with van der Waals surface area (Å²) in [6.07, 6.45) is 2.40. The predicted molar refractivity (Wildman–Crippen MR) is 118 cm³/mol. The molecule has 1 aromatic carbocycles. The molecule has 1 atom stereocenters. The molecule has 2 amide bonds. The van der Waals surface area contributed by atoms with Crippen LogP contribution in [-0.4, -0.2) is 79.6 Å². The van der Waals surface area contributed by atoms with Gasteiger partial charge < -0.3 is 25.2 Å². The Morgan fingerprint density at radius 2 is 1.83 bits per heavy atom. The van der Waals surface area contributed by atoms with E-state index in [1.165, 1.54) is 12.5 Å². The number of guanidine groups is 1. The molecule has 2 heterocycles. The molecular formula is C22H33N5O3. The van der Waals surface area contributed by atoms with Gasteiger partial charge in [0.1, 0.15) is 6.10 Å². The van der Waals surface area contributed by atoms with Crippen LogP contribution in [-0.2, 0) is 20.7 Å². The molecule has 0 aromatic heterocycles. The van der Waals surface area contributed by atoms with E-state index in [2.05, 4.69) is 22.5 Å². The van der Waals surface area contributed by atoms with E-state index in [0.29, 0.717) is 26.2 Å². The number of nitrogens with zero attached hydrogens (tertiary/aromatic N) is 3. The maximum atomic E-state index is 12.5. The van der Waals surface area contributed by atoms with Gasteiger partial charge >= 0.3 is 0 Å². The van der Waals surface area contributed by atoms with Crippen LogP contribution in [0.5, 0.6) is 0 Å². The predicted octanol–water partition coefficient (Wildman–Crippen LogP) is 1.48. The van der Waals surface area contributed by atoms with E-state index in [-0.39, 0.29) is 17.9 Å². The summed E-state index contributed by atoms with van der Waals surface area (Å²) in [6.45, 7) is 8.70. The van der Waals surface area contributed by atoms with Crippen LogP contribution >= 0.6 is 0 Å². The fourth-order valence-corrected chi connectivity index (χ4v) is 3.79. The Hall–Kier alpha value is -2.61. The molecular weight excluding hydrogens is 382 g/mol. The molecule has 0 aliphatic carbocycles. The van der Waals surface area contributed by atoms with Crippen molar-refractivity contribution >= 4 is 23.5 Å². The minimum atomic E-state index is -0.240. The molecule has 0 saturated carbocycles. The second kappa shape index (κ2) is 11.0. The molecule has 2 fully saturated rings. The Kier molecular flexibility index (Phi) is 8.07. The lowest BCUT2D eigenvalue weighted by atomic mass is 10.1. The number of carbonyl (C=O) groups excluding carboxylic acids is 2. The monoisotopic (exact) mass is 415 g/mol. The number of benzene rings is 1. The van der Waals surface area contributed by atoms with E-state index in [0.717, 1.165) is 50.5 Å². The Bertz CT molecular complexity index is 736. The van der Waals surface area contributed by atoms with Crippen molar-refractivity contribution in [2.45, 2.75) is 39.2 Å². The Morgan fingerprint density at radius 3 is 2.43 bits per heavy atom. The van der Waals surface area contributed by atoms with Crippen molar-refractivity contribution in [2.24, 2.45) is 4.99 Å². The first-order valence-corrected chi connectivity index (χ1v) is 10.9. The van der Waals surface area contributed by atoms with Gasteiger partial charge in [-0.1, -0.05) is 12.1 Å². The zero-order chi connectivity index (χ0) is 21.3. The van der Waals surface area contributed by atoms with Gasteiger partial charge in [0, 0.05) is 58.5 Å². The second-order valence-electron chi connectivity index (χ2n) is 7.68. The standard InChI is InChI=1S/C22H33N5O3/c1-3-23-22(24-11-10-18-6-8-19(9-7-18)25-17(2)28)27-14-12-26(13-15-27)21(29)20-5-4-16-30-20/h6-9,20H,3-5,10-16H2,1-2H3,(H,23,24)(H,25,28). The topological polar surface area (TPSA) is 86.3 Å².